The minimum absolute atomic E-state index is 0.000199. The molecular weight excluding hydrogens is 327 g/mol. The Morgan fingerprint density at radius 3 is 2.75 bits per heavy atom. The number of nitrogens with zero attached hydrogens (tertiary/aromatic N) is 1. The molecule has 2 fully saturated rings. The third kappa shape index (κ3) is 2.57. The molecule has 0 spiro atoms. The number of amides is 2. The van der Waals surface area contributed by atoms with Gasteiger partial charge in [0.1, 0.15) is 11.9 Å². The summed E-state index contributed by atoms with van der Waals surface area (Å²) in [5.74, 6) is -0.418. The summed E-state index contributed by atoms with van der Waals surface area (Å²) in [6.45, 7) is 0.146. The molecule has 1 heterocycles. The lowest BCUT2D eigenvalue weighted by Gasteiger charge is -2.35. The molecule has 1 saturated heterocycles. The lowest BCUT2D eigenvalue weighted by molar-refractivity contribution is -0.147. The monoisotopic (exact) mass is 340 g/mol. The Hall–Kier alpha value is -1.43. The predicted octanol–water partition coefficient (Wildman–Crippen LogP) is 1.83. The summed E-state index contributed by atoms with van der Waals surface area (Å²) in [4.78, 5) is 25.5. The summed E-state index contributed by atoms with van der Waals surface area (Å²) in [5.41, 5.74) is 0.432. The van der Waals surface area contributed by atoms with Gasteiger partial charge in [0.25, 0.3) is 0 Å². The number of carbonyl (C=O) groups excluding carboxylic acids is 2. The zero-order valence-corrected chi connectivity index (χ0v) is 12.3. The van der Waals surface area contributed by atoms with Crippen LogP contribution in [0.5, 0.6) is 0 Å². The van der Waals surface area contributed by atoms with Crippen molar-refractivity contribution in [1.82, 2.24) is 10.2 Å². The zero-order chi connectivity index (χ0) is 14.3. The van der Waals surface area contributed by atoms with E-state index in [-0.39, 0.29) is 36.6 Å². The molecule has 0 radical (unpaired) electrons. The molecule has 3 rings (SSSR count). The van der Waals surface area contributed by atoms with Gasteiger partial charge < -0.3 is 10.2 Å². The van der Waals surface area contributed by atoms with Crippen molar-refractivity contribution in [2.45, 2.75) is 25.4 Å². The third-order valence-electron chi connectivity index (χ3n) is 3.76. The van der Waals surface area contributed by atoms with Crippen molar-refractivity contribution in [1.29, 1.82) is 0 Å². The molecule has 6 heteroatoms. The van der Waals surface area contributed by atoms with E-state index in [0.29, 0.717) is 10.0 Å². The standard InChI is InChI=1S/C14H14BrFN2O2/c15-10-4-3-9(11(16)5-10)7-18-12(19)6-17-14(20)13(18)8-1-2-8/h3-5,8,13H,1-2,6-7H2,(H,17,20). The van der Waals surface area contributed by atoms with Crippen LogP contribution in [-0.4, -0.2) is 29.3 Å². The van der Waals surface area contributed by atoms with Crippen LogP contribution >= 0.6 is 15.9 Å². The first-order valence-electron chi connectivity index (χ1n) is 6.57. The molecule has 1 aliphatic heterocycles. The van der Waals surface area contributed by atoms with E-state index in [9.17, 15) is 14.0 Å². The van der Waals surface area contributed by atoms with Crippen LogP contribution in [0.15, 0.2) is 22.7 Å². The Morgan fingerprint density at radius 1 is 1.35 bits per heavy atom. The molecule has 0 aromatic heterocycles. The van der Waals surface area contributed by atoms with Gasteiger partial charge in [-0.3, -0.25) is 9.59 Å². The average Bonchev–Trinajstić information content (AvgIpc) is 3.21. The molecular formula is C14H14BrFN2O2. The first-order valence-corrected chi connectivity index (χ1v) is 7.36. The number of benzene rings is 1. The lowest BCUT2D eigenvalue weighted by atomic mass is 10.1. The van der Waals surface area contributed by atoms with Crippen LogP contribution in [0.3, 0.4) is 0 Å². The van der Waals surface area contributed by atoms with Crippen molar-refractivity contribution in [3.63, 3.8) is 0 Å². The predicted molar refractivity (Wildman–Crippen MR) is 74.2 cm³/mol. The number of nitrogens with one attached hydrogen (secondary N) is 1. The van der Waals surface area contributed by atoms with E-state index >= 15 is 0 Å². The van der Waals surface area contributed by atoms with Gasteiger partial charge >= 0.3 is 0 Å². The highest BCUT2D eigenvalue weighted by Crippen LogP contribution is 2.37. The SMILES string of the molecule is O=C1NCC(=O)N(Cc2ccc(Br)cc2F)C1C1CC1. The first-order chi connectivity index (χ1) is 9.56. The Bertz CT molecular complexity index is 574. The fraction of sp³-hybridized carbons (Fsp3) is 0.429. The van der Waals surface area contributed by atoms with Gasteiger partial charge in [-0.15, -0.1) is 0 Å². The molecule has 4 nitrogen and oxygen atoms in total. The van der Waals surface area contributed by atoms with Gasteiger partial charge in [-0.05, 0) is 30.9 Å². The molecule has 2 amide bonds. The second-order valence-electron chi connectivity index (χ2n) is 5.26. The molecule has 1 unspecified atom stereocenters. The van der Waals surface area contributed by atoms with E-state index in [4.69, 9.17) is 0 Å². The van der Waals surface area contributed by atoms with Crippen LogP contribution < -0.4 is 5.32 Å². The number of carbonyl (C=O) groups is 2. The number of halogens is 2. The van der Waals surface area contributed by atoms with Crippen LogP contribution in [0.1, 0.15) is 18.4 Å². The Morgan fingerprint density at radius 2 is 2.10 bits per heavy atom. The summed E-state index contributed by atoms with van der Waals surface area (Å²) in [7, 11) is 0. The molecule has 1 N–H and O–H groups in total. The molecule has 1 saturated carbocycles. The quantitative estimate of drug-likeness (QED) is 0.912. The molecule has 20 heavy (non-hydrogen) atoms. The highest BCUT2D eigenvalue weighted by Gasteiger charge is 2.44. The fourth-order valence-corrected chi connectivity index (χ4v) is 2.90. The fourth-order valence-electron chi connectivity index (χ4n) is 2.57. The highest BCUT2D eigenvalue weighted by atomic mass is 79.9. The van der Waals surface area contributed by atoms with Crippen LogP contribution in [0.4, 0.5) is 4.39 Å². The van der Waals surface area contributed by atoms with Gasteiger partial charge in [0.15, 0.2) is 0 Å². The topological polar surface area (TPSA) is 49.4 Å². The van der Waals surface area contributed by atoms with Crippen LogP contribution in [0.25, 0.3) is 0 Å². The largest absolute Gasteiger partial charge is 0.345 e. The summed E-state index contributed by atoms with van der Waals surface area (Å²) in [6.07, 6.45) is 1.90. The summed E-state index contributed by atoms with van der Waals surface area (Å²) in [6, 6.07) is 4.30. The molecule has 2 aliphatic rings. The Labute approximate surface area is 124 Å². The second-order valence-corrected chi connectivity index (χ2v) is 6.17. The normalized spacial score (nSPS) is 22.9. The van der Waals surface area contributed by atoms with E-state index in [1.54, 1.807) is 12.1 Å². The Balaban J connectivity index is 1.85. The molecule has 0 bridgehead atoms. The number of rotatable bonds is 3. The molecule has 1 aliphatic carbocycles. The van der Waals surface area contributed by atoms with E-state index in [1.165, 1.54) is 11.0 Å². The van der Waals surface area contributed by atoms with Crippen LogP contribution in [0.2, 0.25) is 0 Å². The maximum Gasteiger partial charge on any atom is 0.243 e. The van der Waals surface area contributed by atoms with Gasteiger partial charge in [-0.25, -0.2) is 4.39 Å². The van der Waals surface area contributed by atoms with Crippen molar-refractivity contribution >= 4 is 27.7 Å². The maximum absolute atomic E-state index is 13.9. The Kier molecular flexibility index (Phi) is 3.50. The van der Waals surface area contributed by atoms with Gasteiger partial charge in [0, 0.05) is 16.6 Å². The highest BCUT2D eigenvalue weighted by molar-refractivity contribution is 9.10. The number of hydrogen-bond donors (Lipinski definition) is 1. The van der Waals surface area contributed by atoms with Gasteiger partial charge in [0.2, 0.25) is 11.8 Å². The molecule has 1 atom stereocenters. The van der Waals surface area contributed by atoms with E-state index in [2.05, 4.69) is 21.2 Å². The van der Waals surface area contributed by atoms with Crippen molar-refractivity contribution in [2.24, 2.45) is 5.92 Å². The first kappa shape index (κ1) is 13.5. The van der Waals surface area contributed by atoms with E-state index in [1.807, 2.05) is 0 Å². The lowest BCUT2D eigenvalue weighted by Crippen LogP contribution is -2.58. The smallest absolute Gasteiger partial charge is 0.243 e. The average molecular weight is 341 g/mol. The van der Waals surface area contributed by atoms with Crippen molar-refractivity contribution in [3.05, 3.63) is 34.1 Å². The summed E-state index contributed by atoms with van der Waals surface area (Å²) < 4.78 is 14.6. The molecule has 1 aromatic rings. The van der Waals surface area contributed by atoms with Crippen molar-refractivity contribution in [2.75, 3.05) is 6.54 Å². The van der Waals surface area contributed by atoms with Crippen LogP contribution in [0, 0.1) is 11.7 Å². The van der Waals surface area contributed by atoms with Gasteiger partial charge in [-0.1, -0.05) is 22.0 Å². The number of piperazine rings is 1. The minimum atomic E-state index is -0.445. The number of hydrogen-bond acceptors (Lipinski definition) is 2. The van der Waals surface area contributed by atoms with Gasteiger partial charge in [-0.2, -0.15) is 0 Å². The zero-order valence-electron chi connectivity index (χ0n) is 10.7. The van der Waals surface area contributed by atoms with E-state index < -0.39 is 6.04 Å². The minimum Gasteiger partial charge on any atom is -0.345 e. The van der Waals surface area contributed by atoms with Crippen LogP contribution in [-0.2, 0) is 16.1 Å². The molecule has 1 aromatic carbocycles. The van der Waals surface area contributed by atoms with Gasteiger partial charge in [0.05, 0.1) is 6.54 Å². The molecule has 106 valence electrons. The maximum atomic E-state index is 13.9. The van der Waals surface area contributed by atoms with E-state index in [0.717, 1.165) is 12.8 Å². The summed E-state index contributed by atoms with van der Waals surface area (Å²) in [5, 5.41) is 2.61. The summed E-state index contributed by atoms with van der Waals surface area (Å²) >= 11 is 3.20. The van der Waals surface area contributed by atoms with Crippen molar-refractivity contribution < 1.29 is 14.0 Å². The van der Waals surface area contributed by atoms with Crippen molar-refractivity contribution in [3.8, 4) is 0 Å². The third-order valence-corrected chi connectivity index (χ3v) is 4.26. The second kappa shape index (κ2) is 5.16.